The lowest BCUT2D eigenvalue weighted by atomic mass is 9.98. The quantitative estimate of drug-likeness (QED) is 0.322. The number of nitrogens with one attached hydrogen (secondary N) is 1. The van der Waals surface area contributed by atoms with Gasteiger partial charge in [0.2, 0.25) is 0 Å². The first-order chi connectivity index (χ1) is 19.6. The van der Waals surface area contributed by atoms with E-state index in [9.17, 15) is 23.5 Å². The molecule has 2 amide bonds. The van der Waals surface area contributed by atoms with Crippen molar-refractivity contribution >= 4 is 11.8 Å². The van der Waals surface area contributed by atoms with Gasteiger partial charge >= 0.3 is 0 Å². The summed E-state index contributed by atoms with van der Waals surface area (Å²) in [6.45, 7) is 8.98. The second kappa shape index (κ2) is 15.9. The molecule has 2 aromatic rings. The molecule has 1 saturated heterocycles. The standard InChI is InChI=1S/C32H45F2N3O4/c1-5-9-36(10-6-2)32(40)25-13-22(3)12-24(17-25)31(39)35-28(16-23-14-26(33)18-27(34)15-23)19-30(38)20-37-11-7-8-29(37)21-41-4/h12-15,17-18,28-30,38H,5-11,16,19-21H2,1-4H3,(H,35,39)/t28-,29?,30?/m0/s1. The Balaban J connectivity index is 1.80. The number of amides is 2. The van der Waals surface area contributed by atoms with Crippen molar-refractivity contribution in [3.05, 3.63) is 70.3 Å². The van der Waals surface area contributed by atoms with Crippen LogP contribution in [0.5, 0.6) is 0 Å². The van der Waals surface area contributed by atoms with Crippen molar-refractivity contribution in [3.63, 3.8) is 0 Å². The van der Waals surface area contributed by atoms with E-state index in [0.29, 0.717) is 42.9 Å². The predicted molar refractivity (Wildman–Crippen MR) is 156 cm³/mol. The van der Waals surface area contributed by atoms with Crippen LogP contribution in [0.4, 0.5) is 8.78 Å². The van der Waals surface area contributed by atoms with E-state index in [0.717, 1.165) is 43.9 Å². The largest absolute Gasteiger partial charge is 0.392 e. The maximum absolute atomic E-state index is 14.0. The summed E-state index contributed by atoms with van der Waals surface area (Å²) in [6, 6.07) is 8.00. The minimum atomic E-state index is -0.776. The third-order valence-electron chi connectivity index (χ3n) is 7.46. The first kappa shape index (κ1) is 32.6. The van der Waals surface area contributed by atoms with Crippen molar-refractivity contribution in [1.82, 2.24) is 15.1 Å². The van der Waals surface area contributed by atoms with E-state index in [-0.39, 0.29) is 24.8 Å². The number of methoxy groups -OCH3 is 1. The molecular weight excluding hydrogens is 528 g/mol. The van der Waals surface area contributed by atoms with Crippen molar-refractivity contribution in [2.45, 2.75) is 77.5 Å². The van der Waals surface area contributed by atoms with Crippen LogP contribution in [-0.4, -0.2) is 84.8 Å². The third kappa shape index (κ3) is 9.87. The molecule has 0 aliphatic carbocycles. The lowest BCUT2D eigenvalue weighted by Crippen LogP contribution is -2.43. The van der Waals surface area contributed by atoms with Crippen molar-refractivity contribution in [1.29, 1.82) is 0 Å². The average Bonchev–Trinajstić information content (AvgIpc) is 3.33. The second-order valence-electron chi connectivity index (χ2n) is 11.2. The summed E-state index contributed by atoms with van der Waals surface area (Å²) in [5.74, 6) is -1.93. The molecule has 2 N–H and O–H groups in total. The van der Waals surface area contributed by atoms with Crippen LogP contribution in [0.2, 0.25) is 0 Å². The Bertz CT molecular complexity index is 1140. The van der Waals surface area contributed by atoms with Gasteiger partial charge in [-0.3, -0.25) is 14.5 Å². The number of halogens is 2. The van der Waals surface area contributed by atoms with Gasteiger partial charge in [0.1, 0.15) is 11.6 Å². The van der Waals surface area contributed by atoms with Crippen LogP contribution in [0.1, 0.15) is 77.8 Å². The minimum absolute atomic E-state index is 0.120. The topological polar surface area (TPSA) is 82.1 Å². The van der Waals surface area contributed by atoms with Crippen LogP contribution in [0.3, 0.4) is 0 Å². The molecule has 0 bridgehead atoms. The fourth-order valence-corrected chi connectivity index (χ4v) is 5.74. The van der Waals surface area contributed by atoms with E-state index in [1.165, 1.54) is 12.1 Å². The zero-order valence-corrected chi connectivity index (χ0v) is 24.8. The molecule has 2 unspecified atom stereocenters. The molecule has 0 spiro atoms. The maximum atomic E-state index is 14.0. The molecule has 9 heteroatoms. The molecule has 1 fully saturated rings. The molecule has 3 atom stereocenters. The number of ether oxygens (including phenoxy) is 1. The molecule has 0 saturated carbocycles. The van der Waals surface area contributed by atoms with Gasteiger partial charge in [-0.2, -0.15) is 0 Å². The Hall–Kier alpha value is -2.88. The average molecular weight is 574 g/mol. The monoisotopic (exact) mass is 573 g/mol. The van der Waals surface area contributed by atoms with Crippen LogP contribution in [0.15, 0.2) is 36.4 Å². The molecule has 41 heavy (non-hydrogen) atoms. The van der Waals surface area contributed by atoms with Gasteiger partial charge in [0.05, 0.1) is 12.7 Å². The van der Waals surface area contributed by atoms with Gasteiger partial charge in [0, 0.05) is 56.0 Å². The Kier molecular flexibility index (Phi) is 12.7. The molecule has 2 aromatic carbocycles. The highest BCUT2D eigenvalue weighted by Crippen LogP contribution is 2.20. The number of aliphatic hydroxyl groups excluding tert-OH is 1. The maximum Gasteiger partial charge on any atom is 0.253 e. The first-order valence-electron chi connectivity index (χ1n) is 14.7. The number of likely N-dealkylation sites (tertiary alicyclic amines) is 1. The molecule has 1 aliphatic rings. The van der Waals surface area contributed by atoms with Crippen molar-refractivity contribution in [2.75, 3.05) is 39.9 Å². The van der Waals surface area contributed by atoms with Crippen LogP contribution >= 0.6 is 0 Å². The highest BCUT2D eigenvalue weighted by Gasteiger charge is 2.28. The van der Waals surface area contributed by atoms with E-state index < -0.39 is 29.7 Å². The summed E-state index contributed by atoms with van der Waals surface area (Å²) in [5.41, 5.74) is 1.93. The summed E-state index contributed by atoms with van der Waals surface area (Å²) in [5, 5.41) is 14.0. The molecule has 0 aromatic heterocycles. The first-order valence-corrected chi connectivity index (χ1v) is 14.7. The minimum Gasteiger partial charge on any atom is -0.392 e. The smallest absolute Gasteiger partial charge is 0.253 e. The Labute approximate surface area is 242 Å². The van der Waals surface area contributed by atoms with Crippen molar-refractivity contribution < 1.29 is 28.2 Å². The van der Waals surface area contributed by atoms with Crippen molar-refractivity contribution in [3.8, 4) is 0 Å². The summed E-state index contributed by atoms with van der Waals surface area (Å²) in [7, 11) is 1.66. The number of hydrogen-bond acceptors (Lipinski definition) is 5. The Morgan fingerprint density at radius 2 is 1.73 bits per heavy atom. The van der Waals surface area contributed by atoms with E-state index in [1.807, 2.05) is 20.8 Å². The SMILES string of the molecule is CCCN(CCC)C(=O)c1cc(C)cc(C(=O)N[C@@H](Cc2cc(F)cc(F)c2)CC(O)CN2CCCC2COC)c1. The Morgan fingerprint density at radius 1 is 1.07 bits per heavy atom. The lowest BCUT2D eigenvalue weighted by molar-refractivity contribution is 0.0608. The second-order valence-corrected chi connectivity index (χ2v) is 11.2. The van der Waals surface area contributed by atoms with Gasteiger partial charge in [-0.05, 0) is 93.5 Å². The number of carbonyl (C=O) groups excluding carboxylic acids is 2. The van der Waals surface area contributed by atoms with Gasteiger partial charge in [-0.1, -0.05) is 13.8 Å². The van der Waals surface area contributed by atoms with Crippen LogP contribution in [0.25, 0.3) is 0 Å². The number of carbonyl (C=O) groups is 2. The molecule has 226 valence electrons. The number of aliphatic hydroxyl groups is 1. The number of β-amino-alcohol motifs (C(OH)–C–C–N with tert-alkyl or cyclic N) is 1. The summed E-state index contributed by atoms with van der Waals surface area (Å²) >= 11 is 0. The van der Waals surface area contributed by atoms with Gasteiger partial charge in [0.15, 0.2) is 0 Å². The van der Waals surface area contributed by atoms with Crippen LogP contribution in [-0.2, 0) is 11.2 Å². The van der Waals surface area contributed by atoms with Crippen molar-refractivity contribution in [2.24, 2.45) is 0 Å². The molecule has 3 rings (SSSR count). The molecule has 7 nitrogen and oxygen atoms in total. The highest BCUT2D eigenvalue weighted by molar-refractivity contribution is 6.00. The molecular formula is C32H45F2N3O4. The van der Waals surface area contributed by atoms with Gasteiger partial charge in [-0.25, -0.2) is 8.78 Å². The summed E-state index contributed by atoms with van der Waals surface area (Å²) in [4.78, 5) is 30.7. The van der Waals surface area contributed by atoms with E-state index in [2.05, 4.69) is 10.2 Å². The lowest BCUT2D eigenvalue weighted by Gasteiger charge is -2.28. The molecule has 1 heterocycles. The van der Waals surface area contributed by atoms with Crippen LogP contribution in [0, 0.1) is 18.6 Å². The van der Waals surface area contributed by atoms with E-state index in [4.69, 9.17) is 4.74 Å². The number of benzene rings is 2. The summed E-state index contributed by atoms with van der Waals surface area (Å²) in [6.07, 6.45) is 3.23. The van der Waals surface area contributed by atoms with Gasteiger partial charge in [-0.15, -0.1) is 0 Å². The fourth-order valence-electron chi connectivity index (χ4n) is 5.74. The Morgan fingerprint density at radius 3 is 2.37 bits per heavy atom. The van der Waals surface area contributed by atoms with Crippen LogP contribution < -0.4 is 5.32 Å². The van der Waals surface area contributed by atoms with E-state index >= 15 is 0 Å². The number of nitrogens with zero attached hydrogens (tertiary/aromatic N) is 2. The number of aryl methyl sites for hydroxylation is 1. The number of hydrogen-bond donors (Lipinski definition) is 2. The third-order valence-corrected chi connectivity index (χ3v) is 7.46. The zero-order valence-electron chi connectivity index (χ0n) is 24.8. The molecule has 0 radical (unpaired) electrons. The zero-order chi connectivity index (χ0) is 29.9. The highest BCUT2D eigenvalue weighted by atomic mass is 19.1. The predicted octanol–water partition coefficient (Wildman–Crippen LogP) is 4.74. The normalized spacial score (nSPS) is 16.9. The molecule has 1 aliphatic heterocycles. The van der Waals surface area contributed by atoms with Gasteiger partial charge < -0.3 is 20.1 Å². The number of rotatable bonds is 15. The fraction of sp³-hybridized carbons (Fsp3) is 0.562. The summed E-state index contributed by atoms with van der Waals surface area (Å²) < 4.78 is 33.2. The van der Waals surface area contributed by atoms with Gasteiger partial charge in [0.25, 0.3) is 11.8 Å². The van der Waals surface area contributed by atoms with E-state index in [1.54, 1.807) is 30.2 Å².